The van der Waals surface area contributed by atoms with Gasteiger partial charge in [-0.15, -0.1) is 0 Å². The van der Waals surface area contributed by atoms with Gasteiger partial charge in [-0.25, -0.2) is 4.98 Å². The van der Waals surface area contributed by atoms with Gasteiger partial charge in [-0.3, -0.25) is 9.98 Å². The third kappa shape index (κ3) is 4.88. The average molecular weight is 448 g/mol. The molecule has 0 aliphatic heterocycles. The molecule has 4 heteroatoms. The van der Waals surface area contributed by atoms with Crippen LogP contribution in [0.1, 0.15) is 47.5 Å². The predicted octanol–water partition coefficient (Wildman–Crippen LogP) is 7.36. The Balaban J connectivity index is 1.98. The van der Waals surface area contributed by atoms with Gasteiger partial charge in [0.1, 0.15) is 0 Å². The van der Waals surface area contributed by atoms with E-state index in [0.717, 1.165) is 44.2 Å². The molecule has 0 radical (unpaired) electrons. The van der Waals surface area contributed by atoms with Gasteiger partial charge in [0.15, 0.2) is 0 Å². The van der Waals surface area contributed by atoms with Gasteiger partial charge in [-0.2, -0.15) is 0 Å². The van der Waals surface area contributed by atoms with Crippen LogP contribution in [-0.4, -0.2) is 16.4 Å². The van der Waals surface area contributed by atoms with E-state index >= 15 is 0 Å². The first-order valence-corrected chi connectivity index (χ1v) is 10.5. The first-order valence-electron chi connectivity index (χ1n) is 9.67. The van der Waals surface area contributed by atoms with Crippen LogP contribution in [-0.2, 0) is 0 Å². The summed E-state index contributed by atoms with van der Waals surface area (Å²) in [4.78, 5) is 14.5. The number of hydrogen-bond acceptors (Lipinski definition) is 3. The molecule has 0 fully saturated rings. The minimum Gasteiger partial charge on any atom is -0.251 e. The molecular formula is C25H26BrN3. The number of nitrogens with zero attached hydrogens (tertiary/aromatic N) is 3. The van der Waals surface area contributed by atoms with Gasteiger partial charge in [0.2, 0.25) is 0 Å². The lowest BCUT2D eigenvalue weighted by Gasteiger charge is -2.10. The Morgan fingerprint density at radius 2 is 1.24 bits per heavy atom. The van der Waals surface area contributed by atoms with Crippen LogP contribution in [0.4, 0.5) is 11.4 Å². The molecular weight excluding hydrogens is 422 g/mol. The number of hydrogen-bond donors (Lipinski definition) is 0. The molecule has 148 valence electrons. The van der Waals surface area contributed by atoms with Crippen molar-refractivity contribution in [1.82, 2.24) is 4.98 Å². The summed E-state index contributed by atoms with van der Waals surface area (Å²) in [5.74, 6) is 0. The summed E-state index contributed by atoms with van der Waals surface area (Å²) in [6, 6.07) is 16.4. The van der Waals surface area contributed by atoms with E-state index in [9.17, 15) is 0 Å². The quantitative estimate of drug-likeness (QED) is 0.384. The molecule has 0 N–H and O–H groups in total. The number of aryl methyl sites for hydroxylation is 4. The van der Waals surface area contributed by atoms with Crippen LogP contribution in [0.3, 0.4) is 0 Å². The molecule has 3 aromatic rings. The van der Waals surface area contributed by atoms with E-state index in [0.29, 0.717) is 0 Å². The maximum absolute atomic E-state index is 4.89. The number of benzene rings is 2. The Morgan fingerprint density at radius 3 is 1.79 bits per heavy atom. The third-order valence-corrected chi connectivity index (χ3v) is 5.51. The molecule has 0 aliphatic carbocycles. The molecule has 0 aliphatic rings. The lowest BCUT2D eigenvalue weighted by molar-refractivity contribution is 1.22. The fourth-order valence-corrected chi connectivity index (χ4v) is 3.96. The van der Waals surface area contributed by atoms with Crippen molar-refractivity contribution < 1.29 is 0 Å². The van der Waals surface area contributed by atoms with Gasteiger partial charge >= 0.3 is 0 Å². The smallest absolute Gasteiger partial charge is 0.0849 e. The number of rotatable bonds is 4. The maximum atomic E-state index is 4.89. The summed E-state index contributed by atoms with van der Waals surface area (Å²) in [6.07, 6.45) is 0. The molecule has 0 unspecified atom stereocenters. The normalized spacial score (nSPS) is 12.4. The van der Waals surface area contributed by atoms with Crippen LogP contribution in [0.2, 0.25) is 0 Å². The highest BCUT2D eigenvalue weighted by atomic mass is 79.9. The van der Waals surface area contributed by atoms with E-state index in [1.165, 1.54) is 16.7 Å². The molecule has 0 bridgehead atoms. The fourth-order valence-electron chi connectivity index (χ4n) is 3.40. The Morgan fingerprint density at radius 1 is 0.724 bits per heavy atom. The molecule has 2 aromatic carbocycles. The molecule has 1 aromatic heterocycles. The number of aromatic nitrogens is 1. The Kier molecular flexibility index (Phi) is 6.43. The summed E-state index contributed by atoms with van der Waals surface area (Å²) in [5, 5.41) is 0. The molecule has 0 saturated carbocycles. The Bertz CT molecular complexity index is 1080. The number of pyridine rings is 1. The molecule has 1 heterocycles. The second-order valence-corrected chi connectivity index (χ2v) is 8.31. The lowest BCUT2D eigenvalue weighted by Crippen LogP contribution is -2.05. The second-order valence-electron chi connectivity index (χ2n) is 7.46. The highest BCUT2D eigenvalue weighted by Crippen LogP contribution is 2.29. The maximum Gasteiger partial charge on any atom is 0.0849 e. The molecule has 3 nitrogen and oxygen atoms in total. The molecule has 29 heavy (non-hydrogen) atoms. The largest absolute Gasteiger partial charge is 0.251 e. The topological polar surface area (TPSA) is 37.6 Å². The van der Waals surface area contributed by atoms with Crippen molar-refractivity contribution in [2.75, 3.05) is 0 Å². The van der Waals surface area contributed by atoms with E-state index in [-0.39, 0.29) is 0 Å². The van der Waals surface area contributed by atoms with Crippen molar-refractivity contribution in [2.24, 2.45) is 9.98 Å². The van der Waals surface area contributed by atoms with Crippen molar-refractivity contribution in [2.45, 2.75) is 41.5 Å². The van der Waals surface area contributed by atoms with Gasteiger partial charge in [-0.1, -0.05) is 35.9 Å². The standard InChI is InChI=1S/C25H26BrN3/c1-15-13-17(3)24(18(4)14-15)27-19(5)22-11-8-12-23(29-22)20(6)28-25-16(2)9-7-10-21(25)26/h7-14H,1-6H3/b27-19+,28-20+. The predicted molar refractivity (Wildman–Crippen MR) is 128 cm³/mol. The molecule has 0 amide bonds. The highest BCUT2D eigenvalue weighted by Gasteiger charge is 2.09. The van der Waals surface area contributed by atoms with E-state index in [2.05, 4.69) is 61.8 Å². The zero-order valence-corrected chi connectivity index (χ0v) is 19.4. The van der Waals surface area contributed by atoms with E-state index in [1.807, 2.05) is 44.2 Å². The molecule has 3 rings (SSSR count). The third-order valence-electron chi connectivity index (χ3n) is 4.87. The van der Waals surface area contributed by atoms with E-state index in [4.69, 9.17) is 15.0 Å². The van der Waals surface area contributed by atoms with Gasteiger partial charge in [-0.05, 0) is 92.4 Å². The SMILES string of the molecule is C/C(=N\c1c(C)cc(C)cc1C)c1cccc(/C(C)=N/c2c(C)cccc2Br)n1. The van der Waals surface area contributed by atoms with Crippen LogP contribution in [0, 0.1) is 27.7 Å². The Hall–Kier alpha value is -2.59. The second kappa shape index (κ2) is 8.83. The van der Waals surface area contributed by atoms with Crippen molar-refractivity contribution in [3.8, 4) is 0 Å². The lowest BCUT2D eigenvalue weighted by atomic mass is 10.1. The van der Waals surface area contributed by atoms with Gasteiger partial charge in [0, 0.05) is 4.47 Å². The summed E-state index contributed by atoms with van der Waals surface area (Å²) < 4.78 is 0.982. The van der Waals surface area contributed by atoms with E-state index in [1.54, 1.807) is 0 Å². The Labute approximate surface area is 181 Å². The molecule has 0 atom stereocenters. The van der Waals surface area contributed by atoms with Crippen LogP contribution in [0.5, 0.6) is 0 Å². The summed E-state index contributed by atoms with van der Waals surface area (Å²) in [5.41, 5.74) is 10.2. The van der Waals surface area contributed by atoms with Crippen molar-refractivity contribution in [1.29, 1.82) is 0 Å². The first kappa shape index (κ1) is 21.1. The molecule has 0 spiro atoms. The van der Waals surface area contributed by atoms with Crippen molar-refractivity contribution in [3.63, 3.8) is 0 Å². The van der Waals surface area contributed by atoms with Gasteiger partial charge in [0.05, 0.1) is 34.2 Å². The number of aliphatic imine (C=N–C) groups is 2. The van der Waals surface area contributed by atoms with Crippen molar-refractivity contribution >= 4 is 38.7 Å². The van der Waals surface area contributed by atoms with Crippen LogP contribution in [0.25, 0.3) is 0 Å². The first-order chi connectivity index (χ1) is 13.8. The average Bonchev–Trinajstić information content (AvgIpc) is 2.67. The minimum absolute atomic E-state index is 0.851. The van der Waals surface area contributed by atoms with Crippen LogP contribution >= 0.6 is 15.9 Å². The molecule has 0 saturated heterocycles. The summed E-state index contributed by atoms with van der Waals surface area (Å²) >= 11 is 3.59. The summed E-state index contributed by atoms with van der Waals surface area (Å²) in [6.45, 7) is 12.4. The zero-order valence-electron chi connectivity index (χ0n) is 17.8. The van der Waals surface area contributed by atoms with Crippen molar-refractivity contribution in [3.05, 3.63) is 86.6 Å². The van der Waals surface area contributed by atoms with Crippen LogP contribution in [0.15, 0.2) is 63.0 Å². The number of halogens is 1. The van der Waals surface area contributed by atoms with E-state index < -0.39 is 0 Å². The van der Waals surface area contributed by atoms with Gasteiger partial charge < -0.3 is 0 Å². The monoisotopic (exact) mass is 447 g/mol. The number of para-hydroxylation sites is 1. The highest BCUT2D eigenvalue weighted by molar-refractivity contribution is 9.10. The van der Waals surface area contributed by atoms with Gasteiger partial charge in [0.25, 0.3) is 0 Å². The summed E-state index contributed by atoms with van der Waals surface area (Å²) in [7, 11) is 0. The van der Waals surface area contributed by atoms with Crippen LogP contribution < -0.4 is 0 Å². The minimum atomic E-state index is 0.851. The fraction of sp³-hybridized carbons (Fsp3) is 0.240. The zero-order chi connectivity index (χ0) is 21.1.